The van der Waals surface area contributed by atoms with Crippen LogP contribution in [0.25, 0.3) is 10.6 Å². The minimum atomic E-state index is -3.64. The van der Waals surface area contributed by atoms with Crippen molar-refractivity contribution >= 4 is 27.0 Å². The molecule has 7 heteroatoms. The normalized spacial score (nSPS) is 11.7. The Balaban J connectivity index is 1.92. The lowest BCUT2D eigenvalue weighted by Gasteiger charge is -2.09. The summed E-state index contributed by atoms with van der Waals surface area (Å²) >= 11 is 1.16. The molecule has 1 N–H and O–H groups in total. The summed E-state index contributed by atoms with van der Waals surface area (Å²) in [5.41, 5.74) is 4.28. The Morgan fingerprint density at radius 2 is 1.83 bits per heavy atom. The Morgan fingerprint density at radius 3 is 2.46 bits per heavy atom. The molecule has 0 saturated carbocycles. The zero-order valence-electron chi connectivity index (χ0n) is 13.9. The van der Waals surface area contributed by atoms with Gasteiger partial charge in [0.1, 0.15) is 4.21 Å². The van der Waals surface area contributed by atoms with Crippen molar-refractivity contribution in [1.82, 2.24) is 5.16 Å². The second-order valence-corrected chi connectivity index (χ2v) is 8.76. The number of thiophene rings is 1. The van der Waals surface area contributed by atoms with Crippen LogP contribution in [0.5, 0.6) is 0 Å². The highest BCUT2D eigenvalue weighted by Gasteiger charge is 2.21. The summed E-state index contributed by atoms with van der Waals surface area (Å²) < 4.78 is 33.4. The summed E-state index contributed by atoms with van der Waals surface area (Å²) in [5, 5.41) is 3.92. The molecule has 0 aliphatic rings. The van der Waals surface area contributed by atoms with E-state index in [-0.39, 0.29) is 4.21 Å². The Labute approximate surface area is 145 Å². The van der Waals surface area contributed by atoms with Gasteiger partial charge >= 0.3 is 0 Å². The van der Waals surface area contributed by atoms with Gasteiger partial charge in [0.05, 0.1) is 16.3 Å². The molecule has 1 aromatic carbocycles. The molecular weight excluding hydrogens is 344 g/mol. The number of benzene rings is 1. The third-order valence-corrected chi connectivity index (χ3v) is 6.79. The van der Waals surface area contributed by atoms with Gasteiger partial charge in [0.15, 0.2) is 5.76 Å². The molecule has 0 saturated heterocycles. The molecule has 0 unspecified atom stereocenters. The zero-order valence-corrected chi connectivity index (χ0v) is 15.5. The van der Waals surface area contributed by atoms with Crippen LogP contribution in [0.1, 0.15) is 22.4 Å². The minimum absolute atomic E-state index is 0.242. The molecular formula is C17H18N2O3S2. The maximum Gasteiger partial charge on any atom is 0.271 e. The molecule has 2 aromatic heterocycles. The molecule has 0 aliphatic carbocycles. The van der Waals surface area contributed by atoms with Crippen molar-refractivity contribution in [1.29, 1.82) is 0 Å². The Hall–Kier alpha value is -2.12. The van der Waals surface area contributed by atoms with Crippen molar-refractivity contribution in [3.63, 3.8) is 0 Å². The van der Waals surface area contributed by atoms with E-state index in [9.17, 15) is 8.42 Å². The highest BCUT2D eigenvalue weighted by atomic mass is 32.2. The van der Waals surface area contributed by atoms with Gasteiger partial charge in [0.2, 0.25) is 0 Å². The lowest BCUT2D eigenvalue weighted by atomic mass is 10.1. The fraction of sp³-hybridized carbons (Fsp3) is 0.235. The molecule has 0 bridgehead atoms. The topological polar surface area (TPSA) is 72.2 Å². The van der Waals surface area contributed by atoms with Crippen LogP contribution in [0.15, 0.2) is 39.1 Å². The molecule has 0 spiro atoms. The molecule has 24 heavy (non-hydrogen) atoms. The summed E-state index contributed by atoms with van der Waals surface area (Å²) in [4.78, 5) is 0.745. The van der Waals surface area contributed by atoms with E-state index >= 15 is 0 Å². The average Bonchev–Trinajstić information content (AvgIpc) is 3.11. The van der Waals surface area contributed by atoms with Crippen molar-refractivity contribution in [3.8, 4) is 10.6 Å². The van der Waals surface area contributed by atoms with E-state index in [1.807, 2.05) is 39.8 Å². The summed E-state index contributed by atoms with van der Waals surface area (Å²) in [6.07, 6.45) is 0. The molecule has 2 heterocycles. The number of aromatic nitrogens is 1. The molecule has 0 atom stereocenters. The molecule has 126 valence electrons. The number of aryl methyl sites for hydroxylation is 3. The van der Waals surface area contributed by atoms with E-state index in [1.54, 1.807) is 18.2 Å². The molecule has 3 aromatic rings. The second kappa shape index (κ2) is 6.07. The number of hydrogen-bond acceptors (Lipinski definition) is 5. The number of nitrogens with one attached hydrogen (secondary N) is 1. The number of anilines is 1. The Morgan fingerprint density at radius 1 is 1.08 bits per heavy atom. The van der Waals surface area contributed by atoms with Gasteiger partial charge in [0.25, 0.3) is 10.0 Å². The van der Waals surface area contributed by atoms with Gasteiger partial charge in [-0.05, 0) is 51.5 Å². The molecule has 0 fully saturated rings. The van der Waals surface area contributed by atoms with E-state index in [0.29, 0.717) is 11.4 Å². The van der Waals surface area contributed by atoms with Crippen LogP contribution in [0, 0.1) is 27.7 Å². The fourth-order valence-corrected chi connectivity index (χ4v) is 4.83. The largest absolute Gasteiger partial charge is 0.355 e. The van der Waals surface area contributed by atoms with Crippen LogP contribution in [-0.4, -0.2) is 13.6 Å². The van der Waals surface area contributed by atoms with Crippen LogP contribution in [0.4, 0.5) is 5.69 Å². The molecule has 0 amide bonds. The van der Waals surface area contributed by atoms with Gasteiger partial charge < -0.3 is 4.52 Å². The van der Waals surface area contributed by atoms with Crippen LogP contribution in [0.2, 0.25) is 0 Å². The SMILES string of the molecule is Cc1ccc(NS(=O)(=O)c2ccc(-c3onc(C)c3C)s2)c(C)c1. The van der Waals surface area contributed by atoms with Crippen molar-refractivity contribution in [2.75, 3.05) is 4.72 Å². The first-order valence-corrected chi connectivity index (χ1v) is 9.71. The van der Waals surface area contributed by atoms with Gasteiger partial charge in [-0.3, -0.25) is 4.72 Å². The van der Waals surface area contributed by atoms with Gasteiger partial charge in [-0.1, -0.05) is 22.9 Å². The molecule has 0 radical (unpaired) electrons. The van der Waals surface area contributed by atoms with Crippen LogP contribution in [-0.2, 0) is 10.0 Å². The van der Waals surface area contributed by atoms with Crippen LogP contribution >= 0.6 is 11.3 Å². The number of hydrogen-bond donors (Lipinski definition) is 1. The van der Waals surface area contributed by atoms with Crippen LogP contribution in [0.3, 0.4) is 0 Å². The smallest absolute Gasteiger partial charge is 0.271 e. The van der Waals surface area contributed by atoms with Gasteiger partial charge in [-0.15, -0.1) is 11.3 Å². The van der Waals surface area contributed by atoms with Gasteiger partial charge in [-0.2, -0.15) is 0 Å². The predicted molar refractivity (Wildman–Crippen MR) is 96.0 cm³/mol. The predicted octanol–water partition coefficient (Wildman–Crippen LogP) is 4.44. The maximum atomic E-state index is 12.6. The van der Waals surface area contributed by atoms with E-state index in [1.165, 1.54) is 0 Å². The van der Waals surface area contributed by atoms with Gasteiger partial charge in [0, 0.05) is 5.56 Å². The lowest BCUT2D eigenvalue weighted by Crippen LogP contribution is -2.12. The van der Waals surface area contributed by atoms with E-state index in [0.717, 1.165) is 38.6 Å². The maximum absolute atomic E-state index is 12.6. The zero-order chi connectivity index (χ0) is 17.5. The first-order chi connectivity index (χ1) is 11.3. The fourth-order valence-electron chi connectivity index (χ4n) is 2.35. The quantitative estimate of drug-likeness (QED) is 0.745. The Kier molecular flexibility index (Phi) is 4.23. The number of nitrogens with zero attached hydrogens (tertiary/aromatic N) is 1. The van der Waals surface area contributed by atoms with Gasteiger partial charge in [-0.25, -0.2) is 8.42 Å². The lowest BCUT2D eigenvalue weighted by molar-refractivity contribution is 0.427. The van der Waals surface area contributed by atoms with E-state index < -0.39 is 10.0 Å². The first-order valence-electron chi connectivity index (χ1n) is 7.41. The number of sulfonamides is 1. The summed E-state index contributed by atoms with van der Waals surface area (Å²) in [7, 11) is -3.64. The third-order valence-electron chi connectivity index (χ3n) is 3.85. The molecule has 3 rings (SSSR count). The van der Waals surface area contributed by atoms with Crippen LogP contribution < -0.4 is 4.72 Å². The molecule has 5 nitrogen and oxygen atoms in total. The monoisotopic (exact) mass is 362 g/mol. The summed E-state index contributed by atoms with van der Waals surface area (Å²) in [5.74, 6) is 0.616. The van der Waals surface area contributed by atoms with Crippen molar-refractivity contribution in [3.05, 3.63) is 52.7 Å². The highest BCUT2D eigenvalue weighted by Crippen LogP contribution is 2.34. The van der Waals surface area contributed by atoms with Crippen molar-refractivity contribution in [2.45, 2.75) is 31.9 Å². The van der Waals surface area contributed by atoms with Crippen molar-refractivity contribution < 1.29 is 12.9 Å². The second-order valence-electron chi connectivity index (χ2n) is 5.76. The number of rotatable bonds is 4. The van der Waals surface area contributed by atoms with Crippen molar-refractivity contribution in [2.24, 2.45) is 0 Å². The average molecular weight is 362 g/mol. The first kappa shape index (κ1) is 16.7. The summed E-state index contributed by atoms with van der Waals surface area (Å²) in [6, 6.07) is 8.93. The standard InChI is InChI=1S/C17H18N2O3S2/c1-10-5-6-14(11(2)9-10)19-24(20,21)16-8-7-15(23-16)17-12(3)13(4)18-22-17/h5-9,19H,1-4H3. The van der Waals surface area contributed by atoms with E-state index in [4.69, 9.17) is 4.52 Å². The van der Waals surface area contributed by atoms with E-state index in [2.05, 4.69) is 9.88 Å². The molecule has 0 aliphatic heterocycles. The highest BCUT2D eigenvalue weighted by molar-refractivity contribution is 7.94. The minimum Gasteiger partial charge on any atom is -0.355 e. The summed E-state index contributed by atoms with van der Waals surface area (Å²) in [6.45, 7) is 7.61. The third kappa shape index (κ3) is 3.09. The Bertz CT molecular complexity index is 1000.